The Kier molecular flexibility index (Phi) is 6.84. The Morgan fingerprint density at radius 1 is 1.47 bits per heavy atom. The fourth-order valence-electron chi connectivity index (χ4n) is 1.31. The molecular formula is C12H16BrIO. The van der Waals surface area contributed by atoms with E-state index in [1.54, 1.807) is 0 Å². The normalized spacial score (nSPS) is 12.7. The van der Waals surface area contributed by atoms with Gasteiger partial charge in [0.25, 0.3) is 0 Å². The third kappa shape index (κ3) is 4.83. The fraction of sp³-hybridized carbons (Fsp3) is 0.500. The molecule has 0 radical (unpaired) electrons. The van der Waals surface area contributed by atoms with E-state index < -0.39 is 0 Å². The third-order valence-corrected chi connectivity index (χ3v) is 3.47. The molecule has 0 spiro atoms. The van der Waals surface area contributed by atoms with Crippen LogP contribution in [0.15, 0.2) is 28.7 Å². The lowest BCUT2D eigenvalue weighted by molar-refractivity contribution is 0.0688. The molecule has 0 saturated heterocycles. The second-order valence-electron chi connectivity index (χ2n) is 3.42. The van der Waals surface area contributed by atoms with Gasteiger partial charge in [-0.05, 0) is 24.1 Å². The van der Waals surface area contributed by atoms with Crippen LogP contribution in [0, 0.1) is 0 Å². The highest BCUT2D eigenvalue weighted by atomic mass is 127. The number of halogens is 2. The topological polar surface area (TPSA) is 9.23 Å². The molecule has 0 aliphatic heterocycles. The maximum absolute atomic E-state index is 5.84. The summed E-state index contributed by atoms with van der Waals surface area (Å²) in [6.45, 7) is 3.04. The van der Waals surface area contributed by atoms with Crippen LogP contribution >= 0.6 is 38.5 Å². The SMILES string of the molecule is CCCCOC(CI)c1cccc(Br)c1. The minimum absolute atomic E-state index is 0.231. The summed E-state index contributed by atoms with van der Waals surface area (Å²) in [7, 11) is 0. The molecule has 0 saturated carbocycles. The minimum atomic E-state index is 0.231. The van der Waals surface area contributed by atoms with Crippen LogP contribution in [0.2, 0.25) is 0 Å². The molecule has 0 amide bonds. The standard InChI is InChI=1S/C12H16BrIO/c1-2-3-7-15-12(9-14)10-5-4-6-11(13)8-10/h4-6,8,12H,2-3,7,9H2,1H3. The first kappa shape index (κ1) is 13.5. The van der Waals surface area contributed by atoms with Gasteiger partial charge in [-0.25, -0.2) is 0 Å². The molecule has 0 aliphatic rings. The first-order valence-electron chi connectivity index (χ1n) is 5.21. The number of benzene rings is 1. The summed E-state index contributed by atoms with van der Waals surface area (Å²) in [5.74, 6) is 0. The predicted octanol–water partition coefficient (Wildman–Crippen LogP) is 4.74. The number of ether oxygens (including phenoxy) is 1. The monoisotopic (exact) mass is 382 g/mol. The van der Waals surface area contributed by atoms with Crippen LogP contribution in [0.5, 0.6) is 0 Å². The van der Waals surface area contributed by atoms with Gasteiger partial charge in [-0.1, -0.05) is 64.0 Å². The van der Waals surface area contributed by atoms with E-state index in [0.29, 0.717) is 0 Å². The van der Waals surface area contributed by atoms with Gasteiger partial charge in [-0.2, -0.15) is 0 Å². The summed E-state index contributed by atoms with van der Waals surface area (Å²) in [6, 6.07) is 8.36. The molecule has 1 nitrogen and oxygen atoms in total. The molecule has 0 heterocycles. The van der Waals surface area contributed by atoms with E-state index >= 15 is 0 Å². The van der Waals surface area contributed by atoms with E-state index in [1.165, 1.54) is 12.0 Å². The summed E-state index contributed by atoms with van der Waals surface area (Å²) >= 11 is 5.86. The average Bonchev–Trinajstić information content (AvgIpc) is 2.24. The molecule has 0 aromatic heterocycles. The molecule has 1 aromatic carbocycles. The van der Waals surface area contributed by atoms with Crippen molar-refractivity contribution in [3.8, 4) is 0 Å². The maximum Gasteiger partial charge on any atom is 0.0914 e. The van der Waals surface area contributed by atoms with E-state index in [-0.39, 0.29) is 6.10 Å². The first-order chi connectivity index (χ1) is 7.27. The summed E-state index contributed by atoms with van der Waals surface area (Å²) in [5, 5.41) is 0. The smallest absolute Gasteiger partial charge is 0.0914 e. The van der Waals surface area contributed by atoms with E-state index in [4.69, 9.17) is 4.74 Å². The first-order valence-corrected chi connectivity index (χ1v) is 7.52. The van der Waals surface area contributed by atoms with Crippen molar-refractivity contribution in [2.75, 3.05) is 11.0 Å². The average molecular weight is 383 g/mol. The van der Waals surface area contributed by atoms with E-state index in [0.717, 1.165) is 21.9 Å². The molecule has 1 unspecified atom stereocenters. The summed E-state index contributed by atoms with van der Waals surface area (Å²) in [4.78, 5) is 0. The molecule has 15 heavy (non-hydrogen) atoms. The van der Waals surface area contributed by atoms with Crippen molar-refractivity contribution < 1.29 is 4.74 Å². The Bertz CT molecular complexity index is 291. The van der Waals surface area contributed by atoms with Crippen molar-refractivity contribution in [1.82, 2.24) is 0 Å². The molecule has 0 bridgehead atoms. The number of hydrogen-bond donors (Lipinski definition) is 0. The third-order valence-electron chi connectivity index (χ3n) is 2.18. The van der Waals surface area contributed by atoms with Gasteiger partial charge in [-0.15, -0.1) is 0 Å². The lowest BCUT2D eigenvalue weighted by Crippen LogP contribution is -2.06. The van der Waals surface area contributed by atoms with Crippen LogP contribution in [0.25, 0.3) is 0 Å². The van der Waals surface area contributed by atoms with Crippen molar-refractivity contribution in [1.29, 1.82) is 0 Å². The highest BCUT2D eigenvalue weighted by molar-refractivity contribution is 14.1. The summed E-state index contributed by atoms with van der Waals surface area (Å²) < 4.78 is 7.96. The largest absolute Gasteiger partial charge is 0.373 e. The predicted molar refractivity (Wildman–Crippen MR) is 76.6 cm³/mol. The van der Waals surface area contributed by atoms with Gasteiger partial charge in [0.15, 0.2) is 0 Å². The van der Waals surface area contributed by atoms with Gasteiger partial charge >= 0.3 is 0 Å². The van der Waals surface area contributed by atoms with Crippen LogP contribution in [-0.2, 0) is 4.74 Å². The zero-order valence-corrected chi connectivity index (χ0v) is 12.6. The van der Waals surface area contributed by atoms with Crippen LogP contribution in [0.1, 0.15) is 31.4 Å². The second-order valence-corrected chi connectivity index (χ2v) is 5.22. The molecule has 0 aliphatic carbocycles. The van der Waals surface area contributed by atoms with Gasteiger partial charge in [0.05, 0.1) is 6.10 Å². The Morgan fingerprint density at radius 3 is 2.87 bits per heavy atom. The highest BCUT2D eigenvalue weighted by Gasteiger charge is 2.09. The van der Waals surface area contributed by atoms with Crippen molar-refractivity contribution in [2.45, 2.75) is 25.9 Å². The van der Waals surface area contributed by atoms with Crippen molar-refractivity contribution in [3.63, 3.8) is 0 Å². The second kappa shape index (κ2) is 7.63. The van der Waals surface area contributed by atoms with Crippen LogP contribution < -0.4 is 0 Å². The number of unbranched alkanes of at least 4 members (excludes halogenated alkanes) is 1. The van der Waals surface area contributed by atoms with Gasteiger partial charge in [0.2, 0.25) is 0 Å². The Balaban J connectivity index is 2.57. The Labute approximate surface area is 114 Å². The lowest BCUT2D eigenvalue weighted by Gasteiger charge is -2.15. The van der Waals surface area contributed by atoms with Crippen molar-refractivity contribution in [3.05, 3.63) is 34.3 Å². The Hall–Kier alpha value is 0.390. The van der Waals surface area contributed by atoms with E-state index in [2.05, 4.69) is 63.6 Å². The van der Waals surface area contributed by atoms with Gasteiger partial charge in [-0.3, -0.25) is 0 Å². The number of hydrogen-bond acceptors (Lipinski definition) is 1. The summed E-state index contributed by atoms with van der Waals surface area (Å²) in [6.07, 6.45) is 2.56. The molecule has 0 N–H and O–H groups in total. The van der Waals surface area contributed by atoms with Crippen molar-refractivity contribution in [2.24, 2.45) is 0 Å². The zero-order valence-electron chi connectivity index (χ0n) is 8.88. The number of alkyl halides is 1. The van der Waals surface area contributed by atoms with Crippen LogP contribution in [0.3, 0.4) is 0 Å². The van der Waals surface area contributed by atoms with E-state index in [9.17, 15) is 0 Å². The minimum Gasteiger partial charge on any atom is -0.373 e. The van der Waals surface area contributed by atoms with E-state index in [1.807, 2.05) is 6.07 Å². The number of rotatable bonds is 6. The highest BCUT2D eigenvalue weighted by Crippen LogP contribution is 2.23. The lowest BCUT2D eigenvalue weighted by atomic mass is 10.1. The van der Waals surface area contributed by atoms with Gasteiger partial charge in [0, 0.05) is 15.5 Å². The fourth-order valence-corrected chi connectivity index (χ4v) is 2.49. The van der Waals surface area contributed by atoms with Crippen LogP contribution in [0.4, 0.5) is 0 Å². The molecule has 1 rings (SSSR count). The Morgan fingerprint density at radius 2 is 2.27 bits per heavy atom. The molecule has 3 heteroatoms. The van der Waals surface area contributed by atoms with Gasteiger partial charge in [0.1, 0.15) is 0 Å². The zero-order chi connectivity index (χ0) is 11.1. The van der Waals surface area contributed by atoms with Gasteiger partial charge < -0.3 is 4.74 Å². The molecular weight excluding hydrogens is 367 g/mol. The molecule has 84 valence electrons. The molecule has 1 atom stereocenters. The van der Waals surface area contributed by atoms with Crippen molar-refractivity contribution >= 4 is 38.5 Å². The molecule has 0 fully saturated rings. The molecule has 1 aromatic rings. The maximum atomic E-state index is 5.84. The summed E-state index contributed by atoms with van der Waals surface area (Å²) in [5.41, 5.74) is 1.26. The quantitative estimate of drug-likeness (QED) is 0.392. The van der Waals surface area contributed by atoms with Crippen LogP contribution in [-0.4, -0.2) is 11.0 Å².